The highest BCUT2D eigenvalue weighted by atomic mass is 16.5. The Labute approximate surface area is 175 Å². The molecule has 1 N–H and O–H groups in total. The number of fused-ring (bicyclic) bond motifs is 1. The van der Waals surface area contributed by atoms with Crippen molar-refractivity contribution in [2.45, 2.75) is 20.4 Å². The Morgan fingerprint density at radius 2 is 1.73 bits per heavy atom. The molecule has 5 heteroatoms. The molecular formula is C25H24N2O3. The van der Waals surface area contributed by atoms with E-state index in [0.29, 0.717) is 30.5 Å². The van der Waals surface area contributed by atoms with E-state index in [-0.39, 0.29) is 5.91 Å². The molecule has 0 aliphatic carbocycles. The van der Waals surface area contributed by atoms with Gasteiger partial charge >= 0.3 is 0 Å². The fraction of sp³-hybridized carbons (Fsp3) is 0.200. The molecule has 152 valence electrons. The van der Waals surface area contributed by atoms with Gasteiger partial charge in [-0.3, -0.25) is 4.79 Å². The molecule has 0 bridgehead atoms. The quantitative estimate of drug-likeness (QED) is 0.447. The number of aromatic nitrogens is 1. The molecule has 0 saturated carbocycles. The first-order valence-corrected chi connectivity index (χ1v) is 10.0. The van der Waals surface area contributed by atoms with E-state index in [4.69, 9.17) is 9.15 Å². The number of ether oxygens (including phenoxy) is 1. The number of rotatable bonds is 7. The first-order chi connectivity index (χ1) is 14.6. The fourth-order valence-electron chi connectivity index (χ4n) is 3.01. The van der Waals surface area contributed by atoms with Gasteiger partial charge in [-0.05, 0) is 60.0 Å². The summed E-state index contributed by atoms with van der Waals surface area (Å²) < 4.78 is 11.5. The lowest BCUT2D eigenvalue weighted by molar-refractivity contribution is 0.0951. The fourth-order valence-corrected chi connectivity index (χ4v) is 3.01. The highest BCUT2D eigenvalue weighted by molar-refractivity contribution is 5.94. The molecule has 0 fully saturated rings. The van der Waals surface area contributed by atoms with Gasteiger partial charge in [-0.2, -0.15) is 0 Å². The van der Waals surface area contributed by atoms with Crippen LogP contribution in [0.15, 0.2) is 77.2 Å². The Bertz CT molecular complexity index is 1100. The smallest absolute Gasteiger partial charge is 0.251 e. The van der Waals surface area contributed by atoms with Crippen LogP contribution < -0.4 is 10.1 Å². The van der Waals surface area contributed by atoms with E-state index in [2.05, 4.69) is 24.1 Å². The lowest BCUT2D eigenvalue weighted by Crippen LogP contribution is -2.22. The Kier molecular flexibility index (Phi) is 5.80. The summed E-state index contributed by atoms with van der Waals surface area (Å²) in [6, 6.07) is 22.7. The largest absolute Gasteiger partial charge is 0.493 e. The molecular weight excluding hydrogens is 376 g/mol. The zero-order valence-electron chi connectivity index (χ0n) is 17.1. The summed E-state index contributed by atoms with van der Waals surface area (Å²) >= 11 is 0. The van der Waals surface area contributed by atoms with Gasteiger partial charge in [0.1, 0.15) is 11.3 Å². The molecule has 0 radical (unpaired) electrons. The number of hydrogen-bond acceptors (Lipinski definition) is 4. The van der Waals surface area contributed by atoms with E-state index in [0.717, 1.165) is 28.0 Å². The standard InChI is InChI=1S/C25H24N2O3/c1-17(2)16-29-21-13-11-19(12-14-21)24(28)26-15-18-7-9-20(10-8-18)25-27-22-5-3-4-6-23(22)30-25/h3-14,17H,15-16H2,1-2H3,(H,26,28). The van der Waals surface area contributed by atoms with E-state index in [1.54, 1.807) is 12.1 Å². The zero-order valence-corrected chi connectivity index (χ0v) is 17.1. The van der Waals surface area contributed by atoms with Crippen molar-refractivity contribution in [3.63, 3.8) is 0 Å². The molecule has 0 unspecified atom stereocenters. The van der Waals surface area contributed by atoms with Crippen LogP contribution in [0.4, 0.5) is 0 Å². The number of benzene rings is 3. The maximum absolute atomic E-state index is 12.4. The first kappa shape index (κ1) is 19.7. The van der Waals surface area contributed by atoms with E-state index >= 15 is 0 Å². The van der Waals surface area contributed by atoms with Crippen LogP contribution in [0.25, 0.3) is 22.6 Å². The Hall–Kier alpha value is -3.60. The number of carbonyl (C=O) groups is 1. The number of oxazole rings is 1. The van der Waals surface area contributed by atoms with Crippen LogP contribution in [0.2, 0.25) is 0 Å². The minimum absolute atomic E-state index is 0.117. The predicted octanol–water partition coefficient (Wildman–Crippen LogP) is 5.46. The van der Waals surface area contributed by atoms with Crippen LogP contribution in [0.3, 0.4) is 0 Å². The number of carbonyl (C=O) groups excluding carboxylic acids is 1. The van der Waals surface area contributed by atoms with Gasteiger partial charge in [-0.15, -0.1) is 0 Å². The summed E-state index contributed by atoms with van der Waals surface area (Å²) in [6.07, 6.45) is 0. The number of amides is 1. The van der Waals surface area contributed by atoms with Crippen molar-refractivity contribution in [1.82, 2.24) is 10.3 Å². The zero-order chi connectivity index (χ0) is 20.9. The lowest BCUT2D eigenvalue weighted by Gasteiger charge is -2.09. The van der Waals surface area contributed by atoms with Crippen molar-refractivity contribution in [3.8, 4) is 17.2 Å². The third kappa shape index (κ3) is 4.69. The molecule has 30 heavy (non-hydrogen) atoms. The Morgan fingerprint density at radius 3 is 2.43 bits per heavy atom. The highest BCUT2D eigenvalue weighted by Gasteiger charge is 2.09. The molecule has 1 heterocycles. The highest BCUT2D eigenvalue weighted by Crippen LogP contribution is 2.24. The molecule has 5 nitrogen and oxygen atoms in total. The Morgan fingerprint density at radius 1 is 1.00 bits per heavy atom. The minimum atomic E-state index is -0.117. The molecule has 0 saturated heterocycles. The number of para-hydroxylation sites is 2. The summed E-state index contributed by atoms with van der Waals surface area (Å²) in [5, 5.41) is 2.95. The second kappa shape index (κ2) is 8.82. The third-order valence-electron chi connectivity index (χ3n) is 4.65. The van der Waals surface area contributed by atoms with Gasteiger partial charge in [-0.25, -0.2) is 4.98 Å². The van der Waals surface area contributed by atoms with E-state index < -0.39 is 0 Å². The van der Waals surface area contributed by atoms with E-state index in [1.807, 2.05) is 60.7 Å². The molecule has 0 aliphatic heterocycles. The maximum atomic E-state index is 12.4. The molecule has 1 amide bonds. The van der Waals surface area contributed by atoms with Gasteiger partial charge in [0.05, 0.1) is 6.61 Å². The van der Waals surface area contributed by atoms with Crippen LogP contribution in [0, 0.1) is 5.92 Å². The van der Waals surface area contributed by atoms with Gasteiger partial charge in [0.2, 0.25) is 5.89 Å². The van der Waals surface area contributed by atoms with Gasteiger partial charge in [0.15, 0.2) is 5.58 Å². The van der Waals surface area contributed by atoms with Crippen molar-refractivity contribution < 1.29 is 13.9 Å². The summed E-state index contributed by atoms with van der Waals surface area (Å²) in [6.45, 7) is 5.30. The lowest BCUT2D eigenvalue weighted by atomic mass is 10.1. The topological polar surface area (TPSA) is 64.4 Å². The van der Waals surface area contributed by atoms with E-state index in [1.165, 1.54) is 0 Å². The minimum Gasteiger partial charge on any atom is -0.493 e. The molecule has 4 rings (SSSR count). The second-order valence-electron chi connectivity index (χ2n) is 7.60. The number of hydrogen-bond donors (Lipinski definition) is 1. The molecule has 4 aromatic rings. The van der Waals surface area contributed by atoms with Crippen LogP contribution in [0.1, 0.15) is 29.8 Å². The van der Waals surface area contributed by atoms with Crippen LogP contribution in [-0.2, 0) is 6.54 Å². The van der Waals surface area contributed by atoms with Crippen LogP contribution in [0.5, 0.6) is 5.75 Å². The summed E-state index contributed by atoms with van der Waals surface area (Å²) in [5.74, 6) is 1.71. The Balaban J connectivity index is 1.35. The van der Waals surface area contributed by atoms with Gasteiger partial charge in [-0.1, -0.05) is 38.1 Å². The van der Waals surface area contributed by atoms with Gasteiger partial charge in [0, 0.05) is 17.7 Å². The van der Waals surface area contributed by atoms with Gasteiger partial charge < -0.3 is 14.5 Å². The van der Waals surface area contributed by atoms with E-state index in [9.17, 15) is 4.79 Å². The molecule has 1 aromatic heterocycles. The second-order valence-corrected chi connectivity index (χ2v) is 7.60. The van der Waals surface area contributed by atoms with Crippen molar-refractivity contribution in [3.05, 3.63) is 83.9 Å². The summed E-state index contributed by atoms with van der Waals surface area (Å²) in [5.41, 5.74) is 4.11. The average molecular weight is 400 g/mol. The maximum Gasteiger partial charge on any atom is 0.251 e. The molecule has 3 aromatic carbocycles. The van der Waals surface area contributed by atoms with Crippen molar-refractivity contribution in [2.75, 3.05) is 6.61 Å². The average Bonchev–Trinajstić information content (AvgIpc) is 3.21. The van der Waals surface area contributed by atoms with Crippen molar-refractivity contribution in [2.24, 2.45) is 5.92 Å². The summed E-state index contributed by atoms with van der Waals surface area (Å²) in [7, 11) is 0. The monoisotopic (exact) mass is 400 g/mol. The van der Waals surface area contributed by atoms with Crippen molar-refractivity contribution >= 4 is 17.0 Å². The molecule has 0 spiro atoms. The molecule has 0 aliphatic rings. The van der Waals surface area contributed by atoms with Crippen LogP contribution >= 0.6 is 0 Å². The summed E-state index contributed by atoms with van der Waals surface area (Å²) in [4.78, 5) is 16.9. The number of nitrogens with one attached hydrogen (secondary N) is 1. The van der Waals surface area contributed by atoms with Gasteiger partial charge in [0.25, 0.3) is 5.91 Å². The predicted molar refractivity (Wildman–Crippen MR) is 117 cm³/mol. The van der Waals surface area contributed by atoms with Crippen LogP contribution in [-0.4, -0.2) is 17.5 Å². The SMILES string of the molecule is CC(C)COc1ccc(C(=O)NCc2ccc(-c3nc4ccccc4o3)cc2)cc1. The molecule has 0 atom stereocenters. The number of nitrogens with zero attached hydrogens (tertiary/aromatic N) is 1. The normalized spacial score (nSPS) is 11.0. The third-order valence-corrected chi connectivity index (χ3v) is 4.65. The first-order valence-electron chi connectivity index (χ1n) is 10.0. The van der Waals surface area contributed by atoms with Crippen molar-refractivity contribution in [1.29, 1.82) is 0 Å².